The molecule has 2 nitrogen and oxygen atoms in total. The molecule has 1 aliphatic carbocycles. The molecule has 3 heteroatoms. The lowest BCUT2D eigenvalue weighted by atomic mass is 9.86. The lowest BCUT2D eigenvalue weighted by molar-refractivity contribution is 0.152. The third-order valence-electron chi connectivity index (χ3n) is 4.08. The molecule has 0 aromatic carbocycles. The molecule has 1 saturated carbocycles. The molecule has 1 heterocycles. The Labute approximate surface area is 98.2 Å². The van der Waals surface area contributed by atoms with Gasteiger partial charge in [-0.15, -0.1) is 0 Å². The molecule has 0 spiro atoms. The summed E-state index contributed by atoms with van der Waals surface area (Å²) in [5.41, 5.74) is 5.81. The monoisotopic (exact) mass is 226 g/mol. The quantitative estimate of drug-likeness (QED) is 0.733. The van der Waals surface area contributed by atoms with Crippen LogP contribution in [0, 0.1) is 5.92 Å². The molecule has 1 atom stereocenters. The van der Waals surface area contributed by atoms with E-state index in [1.807, 2.05) is 0 Å². The van der Waals surface area contributed by atoms with Crippen LogP contribution in [-0.2, 0) is 0 Å². The van der Waals surface area contributed by atoms with E-state index in [1.54, 1.807) is 0 Å². The molecular weight excluding hydrogens is 204 g/mol. The molecule has 0 aromatic heterocycles. The molecule has 0 radical (unpaired) electrons. The van der Waals surface area contributed by atoms with Crippen molar-refractivity contribution in [1.82, 2.24) is 4.90 Å². The molecule has 2 aliphatic rings. The van der Waals surface area contributed by atoms with E-state index in [4.69, 9.17) is 18.0 Å². The molecular formula is C12H22N2S. The number of rotatable bonds is 2. The van der Waals surface area contributed by atoms with Gasteiger partial charge in [0.2, 0.25) is 0 Å². The molecule has 1 unspecified atom stereocenters. The highest BCUT2D eigenvalue weighted by atomic mass is 32.1. The zero-order chi connectivity index (χ0) is 10.8. The van der Waals surface area contributed by atoms with E-state index in [2.05, 4.69) is 11.8 Å². The van der Waals surface area contributed by atoms with Crippen molar-refractivity contribution in [3.63, 3.8) is 0 Å². The zero-order valence-electron chi connectivity index (χ0n) is 9.61. The minimum Gasteiger partial charge on any atom is -0.392 e. The number of hydrogen-bond acceptors (Lipinski definition) is 2. The van der Waals surface area contributed by atoms with Gasteiger partial charge in [0.05, 0.1) is 11.0 Å². The maximum absolute atomic E-state index is 5.81. The van der Waals surface area contributed by atoms with E-state index in [-0.39, 0.29) is 0 Å². The molecule has 2 fully saturated rings. The predicted molar refractivity (Wildman–Crippen MR) is 67.9 cm³/mol. The summed E-state index contributed by atoms with van der Waals surface area (Å²) in [7, 11) is 0. The average Bonchev–Trinajstić information content (AvgIpc) is 2.67. The van der Waals surface area contributed by atoms with Gasteiger partial charge in [-0.3, -0.25) is 4.90 Å². The van der Waals surface area contributed by atoms with Gasteiger partial charge in [0.15, 0.2) is 0 Å². The van der Waals surface area contributed by atoms with Crippen molar-refractivity contribution < 1.29 is 0 Å². The van der Waals surface area contributed by atoms with Gasteiger partial charge >= 0.3 is 0 Å². The fourth-order valence-corrected chi connectivity index (χ4v) is 3.36. The zero-order valence-corrected chi connectivity index (χ0v) is 10.4. The van der Waals surface area contributed by atoms with Gasteiger partial charge in [-0.2, -0.15) is 0 Å². The number of hydrogen-bond donors (Lipinski definition) is 1. The Morgan fingerprint density at radius 2 is 1.87 bits per heavy atom. The standard InChI is InChI=1S/C12H22N2S/c1-9-4-6-10(7-5-9)14-8-2-3-11(14)12(13)15/h9-11H,2-8H2,1H3,(H2,13,15). The van der Waals surface area contributed by atoms with Crippen LogP contribution >= 0.6 is 12.2 Å². The molecule has 1 saturated heterocycles. The van der Waals surface area contributed by atoms with Gasteiger partial charge < -0.3 is 5.73 Å². The third-order valence-corrected chi connectivity index (χ3v) is 4.35. The van der Waals surface area contributed by atoms with Gasteiger partial charge in [0.1, 0.15) is 0 Å². The van der Waals surface area contributed by atoms with Gasteiger partial charge in [0, 0.05) is 6.04 Å². The molecule has 86 valence electrons. The minimum atomic E-state index is 0.401. The van der Waals surface area contributed by atoms with E-state index >= 15 is 0 Å². The van der Waals surface area contributed by atoms with E-state index in [9.17, 15) is 0 Å². The van der Waals surface area contributed by atoms with Crippen LogP contribution in [0.3, 0.4) is 0 Å². The van der Waals surface area contributed by atoms with Crippen molar-refractivity contribution in [3.05, 3.63) is 0 Å². The summed E-state index contributed by atoms with van der Waals surface area (Å²) < 4.78 is 0. The fourth-order valence-electron chi connectivity index (χ4n) is 3.11. The van der Waals surface area contributed by atoms with Crippen LogP contribution < -0.4 is 5.73 Å². The van der Waals surface area contributed by atoms with Gasteiger partial charge in [-0.25, -0.2) is 0 Å². The minimum absolute atomic E-state index is 0.401. The van der Waals surface area contributed by atoms with E-state index in [1.165, 1.54) is 45.1 Å². The molecule has 2 rings (SSSR count). The fraction of sp³-hybridized carbons (Fsp3) is 0.917. The first-order valence-electron chi connectivity index (χ1n) is 6.23. The molecule has 0 amide bonds. The van der Waals surface area contributed by atoms with Gasteiger partial charge in [-0.1, -0.05) is 19.1 Å². The summed E-state index contributed by atoms with van der Waals surface area (Å²) in [6.07, 6.45) is 7.91. The van der Waals surface area contributed by atoms with Crippen molar-refractivity contribution in [1.29, 1.82) is 0 Å². The lowest BCUT2D eigenvalue weighted by Crippen LogP contribution is -2.46. The highest BCUT2D eigenvalue weighted by Crippen LogP contribution is 2.31. The number of likely N-dealkylation sites (tertiary alicyclic amines) is 1. The van der Waals surface area contributed by atoms with Gasteiger partial charge in [0.25, 0.3) is 0 Å². The van der Waals surface area contributed by atoms with Crippen molar-refractivity contribution >= 4 is 17.2 Å². The second-order valence-electron chi connectivity index (χ2n) is 5.21. The maximum atomic E-state index is 5.81. The van der Waals surface area contributed by atoms with Crippen molar-refractivity contribution in [3.8, 4) is 0 Å². The Hall–Kier alpha value is -0.150. The predicted octanol–water partition coefficient (Wildman–Crippen LogP) is 2.32. The Kier molecular flexibility index (Phi) is 3.62. The number of thiocarbonyl (C=S) groups is 1. The smallest absolute Gasteiger partial charge is 0.0902 e. The van der Waals surface area contributed by atoms with Crippen LogP contribution in [0.2, 0.25) is 0 Å². The highest BCUT2D eigenvalue weighted by Gasteiger charge is 2.33. The Balaban J connectivity index is 1.94. The first kappa shape index (κ1) is 11.3. The van der Waals surface area contributed by atoms with E-state index in [0.717, 1.165) is 12.0 Å². The molecule has 1 aliphatic heterocycles. The van der Waals surface area contributed by atoms with Crippen LogP contribution in [0.25, 0.3) is 0 Å². The molecule has 0 bridgehead atoms. The average molecular weight is 226 g/mol. The summed E-state index contributed by atoms with van der Waals surface area (Å²) in [4.78, 5) is 3.29. The largest absolute Gasteiger partial charge is 0.392 e. The summed E-state index contributed by atoms with van der Waals surface area (Å²) in [6.45, 7) is 3.58. The number of nitrogens with two attached hydrogens (primary N) is 1. The van der Waals surface area contributed by atoms with Crippen molar-refractivity contribution in [2.75, 3.05) is 6.54 Å². The number of nitrogens with zero attached hydrogens (tertiary/aromatic N) is 1. The van der Waals surface area contributed by atoms with Crippen LogP contribution in [0.1, 0.15) is 45.4 Å². The molecule has 2 N–H and O–H groups in total. The van der Waals surface area contributed by atoms with E-state index < -0.39 is 0 Å². The van der Waals surface area contributed by atoms with Crippen LogP contribution in [0.15, 0.2) is 0 Å². The normalized spacial score (nSPS) is 38.1. The van der Waals surface area contributed by atoms with Gasteiger partial charge in [-0.05, 0) is 51.0 Å². The molecule has 15 heavy (non-hydrogen) atoms. The van der Waals surface area contributed by atoms with Crippen LogP contribution in [0.5, 0.6) is 0 Å². The topological polar surface area (TPSA) is 29.3 Å². The summed E-state index contributed by atoms with van der Waals surface area (Å²) >= 11 is 5.16. The first-order valence-corrected chi connectivity index (χ1v) is 6.64. The van der Waals surface area contributed by atoms with Crippen molar-refractivity contribution in [2.24, 2.45) is 11.7 Å². The van der Waals surface area contributed by atoms with E-state index in [0.29, 0.717) is 11.0 Å². The second-order valence-corrected chi connectivity index (χ2v) is 5.68. The van der Waals surface area contributed by atoms with Crippen molar-refractivity contribution in [2.45, 2.75) is 57.5 Å². The summed E-state index contributed by atoms with van der Waals surface area (Å²) in [5.74, 6) is 0.923. The first-order chi connectivity index (χ1) is 7.18. The second kappa shape index (κ2) is 4.79. The van der Waals surface area contributed by atoms with Crippen LogP contribution in [-0.4, -0.2) is 28.5 Å². The third kappa shape index (κ3) is 2.51. The highest BCUT2D eigenvalue weighted by molar-refractivity contribution is 7.80. The molecule has 0 aromatic rings. The Morgan fingerprint density at radius 1 is 1.20 bits per heavy atom. The SMILES string of the molecule is CC1CCC(N2CCCC2C(N)=S)CC1. The summed E-state index contributed by atoms with van der Waals surface area (Å²) in [6, 6.07) is 1.16. The van der Waals surface area contributed by atoms with Crippen LogP contribution in [0.4, 0.5) is 0 Å². The summed E-state index contributed by atoms with van der Waals surface area (Å²) in [5, 5.41) is 0. The lowest BCUT2D eigenvalue weighted by Gasteiger charge is -2.36. The Bertz CT molecular complexity index is 234. The maximum Gasteiger partial charge on any atom is 0.0902 e. The Morgan fingerprint density at radius 3 is 2.47 bits per heavy atom.